The molecular formula is C20H20ClN5O2. The average Bonchev–Trinajstić information content (AvgIpc) is 3.37. The van der Waals surface area contributed by atoms with Gasteiger partial charge in [-0.3, -0.25) is 9.69 Å². The Morgan fingerprint density at radius 2 is 2.04 bits per heavy atom. The summed E-state index contributed by atoms with van der Waals surface area (Å²) < 4.78 is 7.61. The molecule has 0 spiro atoms. The Balaban J connectivity index is 1.28. The summed E-state index contributed by atoms with van der Waals surface area (Å²) in [5.74, 6) is 1.21. The Kier molecular flexibility index (Phi) is 5.55. The molecule has 0 saturated carbocycles. The van der Waals surface area contributed by atoms with Gasteiger partial charge in [-0.05, 0) is 42.8 Å². The van der Waals surface area contributed by atoms with E-state index in [1.165, 1.54) is 6.33 Å². The van der Waals surface area contributed by atoms with Gasteiger partial charge in [-0.2, -0.15) is 5.10 Å². The summed E-state index contributed by atoms with van der Waals surface area (Å²) in [5.41, 5.74) is 0.725. The van der Waals surface area contributed by atoms with Crippen molar-refractivity contribution in [3.8, 4) is 11.5 Å². The minimum atomic E-state index is -0.0426. The Labute approximate surface area is 167 Å². The van der Waals surface area contributed by atoms with E-state index < -0.39 is 0 Å². The van der Waals surface area contributed by atoms with Gasteiger partial charge in [0.05, 0.1) is 17.6 Å². The van der Waals surface area contributed by atoms with Gasteiger partial charge in [0.2, 0.25) is 5.91 Å². The zero-order valence-electron chi connectivity index (χ0n) is 15.2. The van der Waals surface area contributed by atoms with Gasteiger partial charge < -0.3 is 10.1 Å². The summed E-state index contributed by atoms with van der Waals surface area (Å²) in [7, 11) is 0. The molecule has 1 saturated heterocycles. The Hall–Kier alpha value is -2.90. The molecule has 4 rings (SSSR count). The number of carbonyl (C=O) groups is 1. The molecule has 3 aromatic rings. The van der Waals surface area contributed by atoms with E-state index in [-0.39, 0.29) is 11.9 Å². The van der Waals surface area contributed by atoms with Crippen LogP contribution < -0.4 is 10.1 Å². The van der Waals surface area contributed by atoms with Crippen LogP contribution in [0, 0.1) is 0 Å². The predicted octanol–water partition coefficient (Wildman–Crippen LogP) is 3.61. The van der Waals surface area contributed by atoms with E-state index in [0.29, 0.717) is 23.1 Å². The number of hydrogen-bond acceptors (Lipinski definition) is 5. The van der Waals surface area contributed by atoms with Crippen LogP contribution in [0.3, 0.4) is 0 Å². The zero-order chi connectivity index (χ0) is 19.3. The molecule has 0 unspecified atom stereocenters. The number of ether oxygens (including phenoxy) is 1. The van der Waals surface area contributed by atoms with Crippen molar-refractivity contribution in [2.24, 2.45) is 0 Å². The summed E-state index contributed by atoms with van der Waals surface area (Å²) >= 11 is 6.10. The molecule has 1 aromatic heterocycles. The molecule has 2 aromatic carbocycles. The second-order valence-corrected chi connectivity index (χ2v) is 7.07. The van der Waals surface area contributed by atoms with Gasteiger partial charge in [0.15, 0.2) is 0 Å². The SMILES string of the molecule is O=C(CN1CC[C@H](n2cncn2)C1)Nc1ccc(Oc2ccccc2Cl)cc1. The third-order valence-corrected chi connectivity index (χ3v) is 4.94. The van der Waals surface area contributed by atoms with E-state index in [1.807, 2.05) is 28.9 Å². The van der Waals surface area contributed by atoms with Crippen LogP contribution in [0.4, 0.5) is 5.69 Å². The van der Waals surface area contributed by atoms with Crippen LogP contribution in [0.15, 0.2) is 61.2 Å². The van der Waals surface area contributed by atoms with E-state index in [0.717, 1.165) is 25.2 Å². The topological polar surface area (TPSA) is 72.3 Å². The summed E-state index contributed by atoms with van der Waals surface area (Å²) in [6.45, 7) is 2.01. The highest BCUT2D eigenvalue weighted by Crippen LogP contribution is 2.29. The average molecular weight is 398 g/mol. The van der Waals surface area contributed by atoms with Crippen molar-refractivity contribution in [1.82, 2.24) is 19.7 Å². The van der Waals surface area contributed by atoms with Crippen molar-refractivity contribution in [3.05, 3.63) is 66.2 Å². The number of amides is 1. The number of aromatic nitrogens is 3. The van der Waals surface area contributed by atoms with Gasteiger partial charge in [-0.1, -0.05) is 23.7 Å². The summed E-state index contributed by atoms with van der Waals surface area (Å²) in [6, 6.07) is 14.8. The number of nitrogens with one attached hydrogen (secondary N) is 1. The smallest absolute Gasteiger partial charge is 0.238 e. The van der Waals surface area contributed by atoms with E-state index in [1.54, 1.807) is 30.6 Å². The van der Waals surface area contributed by atoms with Crippen LogP contribution >= 0.6 is 11.6 Å². The van der Waals surface area contributed by atoms with Gasteiger partial charge in [-0.25, -0.2) is 9.67 Å². The van der Waals surface area contributed by atoms with Crippen molar-refractivity contribution in [2.45, 2.75) is 12.5 Å². The van der Waals surface area contributed by atoms with Gasteiger partial charge in [0.25, 0.3) is 0 Å². The Morgan fingerprint density at radius 3 is 2.79 bits per heavy atom. The highest BCUT2D eigenvalue weighted by Gasteiger charge is 2.25. The summed E-state index contributed by atoms with van der Waals surface area (Å²) in [4.78, 5) is 18.5. The van der Waals surface area contributed by atoms with E-state index >= 15 is 0 Å². The molecule has 1 atom stereocenters. The highest BCUT2D eigenvalue weighted by atomic mass is 35.5. The zero-order valence-corrected chi connectivity index (χ0v) is 15.9. The van der Waals surface area contributed by atoms with E-state index in [4.69, 9.17) is 16.3 Å². The molecule has 7 nitrogen and oxygen atoms in total. The van der Waals surface area contributed by atoms with Crippen LogP contribution in [-0.4, -0.2) is 45.2 Å². The Bertz CT molecular complexity index is 930. The standard InChI is InChI=1S/C20H20ClN5O2/c21-18-3-1-2-4-19(18)28-17-7-5-15(6-8-17)24-20(27)12-25-10-9-16(11-25)26-14-22-13-23-26/h1-8,13-14,16H,9-12H2,(H,24,27)/t16-/m0/s1. The lowest BCUT2D eigenvalue weighted by molar-refractivity contribution is -0.117. The van der Waals surface area contributed by atoms with Crippen LogP contribution in [0.5, 0.6) is 11.5 Å². The highest BCUT2D eigenvalue weighted by molar-refractivity contribution is 6.32. The van der Waals surface area contributed by atoms with Crippen LogP contribution in [0.2, 0.25) is 5.02 Å². The third kappa shape index (κ3) is 4.49. The first-order chi connectivity index (χ1) is 13.7. The molecule has 1 aliphatic rings. The Morgan fingerprint density at radius 1 is 1.21 bits per heavy atom. The van der Waals surface area contributed by atoms with Crippen molar-refractivity contribution in [2.75, 3.05) is 25.0 Å². The molecule has 0 bridgehead atoms. The van der Waals surface area contributed by atoms with Gasteiger partial charge in [-0.15, -0.1) is 0 Å². The van der Waals surface area contributed by atoms with Gasteiger partial charge >= 0.3 is 0 Å². The lowest BCUT2D eigenvalue weighted by atomic mass is 10.3. The maximum atomic E-state index is 12.3. The second-order valence-electron chi connectivity index (χ2n) is 6.66. The van der Waals surface area contributed by atoms with Crippen molar-refractivity contribution in [3.63, 3.8) is 0 Å². The normalized spacial score (nSPS) is 16.8. The summed E-state index contributed by atoms with van der Waals surface area (Å²) in [5, 5.41) is 7.66. The maximum absolute atomic E-state index is 12.3. The maximum Gasteiger partial charge on any atom is 0.238 e. The number of para-hydroxylation sites is 1. The monoisotopic (exact) mass is 397 g/mol. The first-order valence-corrected chi connectivity index (χ1v) is 9.44. The lowest BCUT2D eigenvalue weighted by Gasteiger charge is -2.16. The number of carbonyl (C=O) groups excluding carboxylic acids is 1. The molecule has 144 valence electrons. The van der Waals surface area contributed by atoms with Crippen LogP contribution in [0.1, 0.15) is 12.5 Å². The van der Waals surface area contributed by atoms with Crippen molar-refractivity contribution >= 4 is 23.2 Å². The van der Waals surface area contributed by atoms with E-state index in [2.05, 4.69) is 20.3 Å². The predicted molar refractivity (Wildman–Crippen MR) is 107 cm³/mol. The molecule has 1 fully saturated rings. The van der Waals surface area contributed by atoms with Crippen molar-refractivity contribution in [1.29, 1.82) is 0 Å². The molecule has 1 aliphatic heterocycles. The molecule has 1 N–H and O–H groups in total. The molecule has 0 radical (unpaired) electrons. The fourth-order valence-corrected chi connectivity index (χ4v) is 3.42. The number of halogens is 1. The number of nitrogens with zero attached hydrogens (tertiary/aromatic N) is 4. The first-order valence-electron chi connectivity index (χ1n) is 9.06. The van der Waals surface area contributed by atoms with E-state index in [9.17, 15) is 4.79 Å². The van der Waals surface area contributed by atoms with Gasteiger partial charge in [0.1, 0.15) is 24.2 Å². The lowest BCUT2D eigenvalue weighted by Crippen LogP contribution is -2.31. The minimum absolute atomic E-state index is 0.0426. The second kappa shape index (κ2) is 8.41. The third-order valence-electron chi connectivity index (χ3n) is 4.63. The van der Waals surface area contributed by atoms with Crippen LogP contribution in [0.25, 0.3) is 0 Å². The molecule has 2 heterocycles. The molecular weight excluding hydrogens is 378 g/mol. The largest absolute Gasteiger partial charge is 0.456 e. The van der Waals surface area contributed by atoms with Gasteiger partial charge in [0, 0.05) is 18.8 Å². The number of rotatable bonds is 6. The quantitative estimate of drug-likeness (QED) is 0.687. The molecule has 28 heavy (non-hydrogen) atoms. The number of likely N-dealkylation sites (tertiary alicyclic amines) is 1. The molecule has 0 aliphatic carbocycles. The minimum Gasteiger partial charge on any atom is -0.456 e. The number of hydrogen-bond donors (Lipinski definition) is 1. The van der Waals surface area contributed by atoms with Crippen molar-refractivity contribution < 1.29 is 9.53 Å². The summed E-state index contributed by atoms with van der Waals surface area (Å²) in [6.07, 6.45) is 4.22. The molecule has 8 heteroatoms. The fraction of sp³-hybridized carbons (Fsp3) is 0.250. The number of anilines is 1. The number of benzene rings is 2. The van der Waals surface area contributed by atoms with Crippen LogP contribution in [-0.2, 0) is 4.79 Å². The molecule has 1 amide bonds. The first kappa shape index (κ1) is 18.5. The fourth-order valence-electron chi connectivity index (χ4n) is 3.24.